The number of benzene rings is 1. The maximum Gasteiger partial charge on any atom is 0.409 e. The summed E-state index contributed by atoms with van der Waals surface area (Å²) in [4.78, 5) is 73.8. The number of carboxylic acid groups (broad SMARTS) is 1. The Morgan fingerprint density at radius 3 is 2.27 bits per heavy atom. The molecule has 2 aromatic heterocycles. The smallest absolute Gasteiger partial charge is 0.409 e. The lowest BCUT2D eigenvalue weighted by Crippen LogP contribution is -2.56. The molecule has 0 spiro atoms. The number of pyridine rings is 1. The number of piperazine rings is 1. The third-order valence-electron chi connectivity index (χ3n) is 6.41. The third kappa shape index (κ3) is 7.53. The van der Waals surface area contributed by atoms with Crippen molar-refractivity contribution in [2.75, 3.05) is 32.8 Å². The molecule has 3 aromatic rings. The highest BCUT2D eigenvalue weighted by molar-refractivity contribution is 5.97. The number of amides is 3. The number of aromatic nitrogens is 3. The lowest BCUT2D eigenvalue weighted by molar-refractivity contribution is -0.138. The fraction of sp³-hybridized carbons (Fsp3) is 0.321. The van der Waals surface area contributed by atoms with E-state index in [1.54, 1.807) is 35.8 Å². The van der Waals surface area contributed by atoms with E-state index >= 15 is 0 Å². The quantitative estimate of drug-likeness (QED) is 0.394. The average molecular weight is 563 g/mol. The van der Waals surface area contributed by atoms with E-state index < -0.39 is 29.9 Å². The minimum atomic E-state index is -1.14. The molecule has 1 unspecified atom stereocenters. The molecule has 1 aromatic carbocycles. The van der Waals surface area contributed by atoms with E-state index in [0.29, 0.717) is 11.4 Å². The number of nitrogens with one attached hydrogen (secondary N) is 1. The summed E-state index contributed by atoms with van der Waals surface area (Å²) in [6, 6.07) is 12.0. The fourth-order valence-corrected chi connectivity index (χ4v) is 4.27. The third-order valence-corrected chi connectivity index (χ3v) is 6.41. The molecule has 13 heteroatoms. The number of carboxylic acids is 1. The van der Waals surface area contributed by atoms with Gasteiger partial charge in [0.2, 0.25) is 5.91 Å². The van der Waals surface area contributed by atoms with Gasteiger partial charge in [0.15, 0.2) is 11.3 Å². The normalized spacial score (nSPS) is 13.8. The molecule has 1 aliphatic rings. The molecule has 2 N–H and O–H groups in total. The SMILES string of the molecule is CCOC(=O)N1CCN(C(=O)C(CCC(=O)O)NC(=O)c2cc(-n3ccc(=O)cc3)nc(-c3ccccc3)n2)CC1. The number of hydrogen-bond donors (Lipinski definition) is 2. The first-order chi connectivity index (χ1) is 19.7. The second-order valence-electron chi connectivity index (χ2n) is 9.21. The molecule has 1 aliphatic heterocycles. The maximum absolute atomic E-state index is 13.5. The lowest BCUT2D eigenvalue weighted by atomic mass is 10.1. The zero-order valence-corrected chi connectivity index (χ0v) is 22.4. The van der Waals surface area contributed by atoms with Gasteiger partial charge in [-0.15, -0.1) is 0 Å². The Hall–Kier alpha value is -5.07. The van der Waals surface area contributed by atoms with Crippen LogP contribution in [0, 0.1) is 0 Å². The van der Waals surface area contributed by atoms with Crippen LogP contribution in [-0.4, -0.2) is 92.1 Å². The highest BCUT2D eigenvalue weighted by Crippen LogP contribution is 2.18. The van der Waals surface area contributed by atoms with Crippen LogP contribution in [0.25, 0.3) is 17.2 Å². The minimum Gasteiger partial charge on any atom is -0.481 e. The van der Waals surface area contributed by atoms with Crippen molar-refractivity contribution in [2.24, 2.45) is 0 Å². The molecule has 13 nitrogen and oxygen atoms in total. The maximum atomic E-state index is 13.5. The van der Waals surface area contributed by atoms with E-state index in [1.165, 1.54) is 40.4 Å². The summed E-state index contributed by atoms with van der Waals surface area (Å²) in [6.07, 6.45) is 2.07. The van der Waals surface area contributed by atoms with E-state index in [1.807, 2.05) is 6.07 Å². The van der Waals surface area contributed by atoms with E-state index in [9.17, 15) is 29.1 Å². The molecule has 0 bridgehead atoms. The molecule has 3 amide bonds. The second kappa shape index (κ2) is 13.3. The number of ether oxygens (including phenoxy) is 1. The summed E-state index contributed by atoms with van der Waals surface area (Å²) in [5.74, 6) is -1.71. The van der Waals surface area contributed by atoms with Crippen molar-refractivity contribution in [3.63, 3.8) is 0 Å². The highest BCUT2D eigenvalue weighted by Gasteiger charge is 2.31. The Morgan fingerprint density at radius 1 is 0.976 bits per heavy atom. The van der Waals surface area contributed by atoms with Crippen molar-refractivity contribution in [3.8, 4) is 17.2 Å². The van der Waals surface area contributed by atoms with E-state index in [0.717, 1.165) is 0 Å². The molecule has 1 saturated heterocycles. The second-order valence-corrected chi connectivity index (χ2v) is 9.21. The van der Waals surface area contributed by atoms with Crippen LogP contribution in [0.2, 0.25) is 0 Å². The van der Waals surface area contributed by atoms with Gasteiger partial charge in [0.05, 0.1) is 6.61 Å². The van der Waals surface area contributed by atoms with Gasteiger partial charge in [-0.05, 0) is 13.3 Å². The van der Waals surface area contributed by atoms with E-state index in [4.69, 9.17) is 4.74 Å². The average Bonchev–Trinajstić information content (AvgIpc) is 2.99. The van der Waals surface area contributed by atoms with Gasteiger partial charge in [0.1, 0.15) is 17.6 Å². The zero-order valence-electron chi connectivity index (χ0n) is 22.4. The molecule has 3 heterocycles. The van der Waals surface area contributed by atoms with Gasteiger partial charge in [-0.2, -0.15) is 0 Å². The van der Waals surface area contributed by atoms with Crippen LogP contribution in [0.3, 0.4) is 0 Å². The largest absolute Gasteiger partial charge is 0.481 e. The number of nitrogens with zero attached hydrogens (tertiary/aromatic N) is 5. The van der Waals surface area contributed by atoms with Crippen molar-refractivity contribution in [1.29, 1.82) is 0 Å². The molecule has 0 aliphatic carbocycles. The standard InChI is InChI=1S/C28H30N6O7/c1-2-41-28(40)34-16-14-33(15-17-34)27(39)21(8-9-24(36)37)30-26(38)22-18-23(32-12-10-20(35)11-13-32)31-25(29-22)19-6-4-3-5-7-19/h3-7,10-13,18,21H,2,8-9,14-17H2,1H3,(H,30,38)(H,36,37). The Bertz CT molecular complexity index is 1450. The van der Waals surface area contributed by atoms with Crippen LogP contribution in [0.15, 0.2) is 65.7 Å². The van der Waals surface area contributed by atoms with Crippen LogP contribution < -0.4 is 10.7 Å². The van der Waals surface area contributed by atoms with Crippen molar-refractivity contribution < 1.29 is 29.0 Å². The predicted octanol–water partition coefficient (Wildman–Crippen LogP) is 1.56. The fourth-order valence-electron chi connectivity index (χ4n) is 4.27. The topological polar surface area (TPSA) is 164 Å². The van der Waals surface area contributed by atoms with Gasteiger partial charge in [0, 0.05) is 68.8 Å². The summed E-state index contributed by atoms with van der Waals surface area (Å²) >= 11 is 0. The molecule has 4 rings (SSSR count). The summed E-state index contributed by atoms with van der Waals surface area (Å²) in [5.41, 5.74) is 0.398. The van der Waals surface area contributed by atoms with Gasteiger partial charge in [-0.3, -0.25) is 19.2 Å². The molecular formula is C28H30N6O7. The van der Waals surface area contributed by atoms with Crippen LogP contribution in [0.1, 0.15) is 30.3 Å². The van der Waals surface area contributed by atoms with Gasteiger partial charge in [0.25, 0.3) is 5.91 Å². The van der Waals surface area contributed by atoms with Gasteiger partial charge < -0.3 is 29.5 Å². The summed E-state index contributed by atoms with van der Waals surface area (Å²) in [6.45, 7) is 2.86. The monoisotopic (exact) mass is 562 g/mol. The van der Waals surface area contributed by atoms with Crippen LogP contribution >= 0.6 is 0 Å². The molecule has 0 saturated carbocycles. The summed E-state index contributed by atoms with van der Waals surface area (Å²) < 4.78 is 6.57. The molecule has 1 fully saturated rings. The first-order valence-corrected chi connectivity index (χ1v) is 13.1. The van der Waals surface area contributed by atoms with Gasteiger partial charge >= 0.3 is 12.1 Å². The van der Waals surface area contributed by atoms with Crippen molar-refractivity contribution in [2.45, 2.75) is 25.8 Å². The van der Waals surface area contributed by atoms with Crippen LogP contribution in [0.5, 0.6) is 0 Å². The van der Waals surface area contributed by atoms with E-state index in [-0.39, 0.29) is 62.6 Å². The number of hydrogen-bond acceptors (Lipinski definition) is 8. The summed E-state index contributed by atoms with van der Waals surface area (Å²) in [7, 11) is 0. The van der Waals surface area contributed by atoms with Crippen molar-refractivity contribution in [3.05, 3.63) is 76.8 Å². The van der Waals surface area contributed by atoms with Gasteiger partial charge in [-0.1, -0.05) is 30.3 Å². The zero-order chi connectivity index (χ0) is 29.4. The first kappa shape index (κ1) is 28.9. The molecule has 41 heavy (non-hydrogen) atoms. The molecule has 0 radical (unpaired) electrons. The minimum absolute atomic E-state index is 0.0483. The predicted molar refractivity (Wildman–Crippen MR) is 146 cm³/mol. The number of carbonyl (C=O) groups excluding carboxylic acids is 3. The number of rotatable bonds is 9. The Balaban J connectivity index is 1.58. The summed E-state index contributed by atoms with van der Waals surface area (Å²) in [5, 5.41) is 11.9. The Morgan fingerprint density at radius 2 is 1.63 bits per heavy atom. The Kier molecular flexibility index (Phi) is 9.40. The Labute approximate surface area is 235 Å². The first-order valence-electron chi connectivity index (χ1n) is 13.1. The van der Waals surface area contributed by atoms with Gasteiger partial charge in [-0.25, -0.2) is 14.8 Å². The van der Waals surface area contributed by atoms with Crippen LogP contribution in [0.4, 0.5) is 4.79 Å². The lowest BCUT2D eigenvalue weighted by Gasteiger charge is -2.35. The van der Waals surface area contributed by atoms with E-state index in [2.05, 4.69) is 15.3 Å². The number of carbonyl (C=O) groups is 4. The molecule has 1 atom stereocenters. The number of aliphatic carboxylic acids is 1. The highest BCUT2D eigenvalue weighted by atomic mass is 16.6. The van der Waals surface area contributed by atoms with Crippen molar-refractivity contribution in [1.82, 2.24) is 29.7 Å². The van der Waals surface area contributed by atoms with Crippen molar-refractivity contribution >= 4 is 23.9 Å². The van der Waals surface area contributed by atoms with Crippen LogP contribution in [-0.2, 0) is 14.3 Å². The molecular weight excluding hydrogens is 532 g/mol. The molecule has 214 valence electrons.